The smallest absolute Gasteiger partial charge is 0.223 e. The van der Waals surface area contributed by atoms with Crippen molar-refractivity contribution in [2.45, 2.75) is 18.9 Å². The maximum Gasteiger partial charge on any atom is 0.223 e. The molecule has 120 valence electrons. The highest BCUT2D eigenvalue weighted by Gasteiger charge is 2.31. The predicted octanol–water partition coefficient (Wildman–Crippen LogP) is 2.31. The molecular weight excluding hydrogens is 292 g/mol. The number of hydrogen-bond donors (Lipinski definition) is 0. The van der Waals surface area contributed by atoms with Gasteiger partial charge in [0.25, 0.3) is 0 Å². The summed E-state index contributed by atoms with van der Waals surface area (Å²) in [4.78, 5) is 18.0. The molecule has 0 radical (unpaired) electrons. The van der Waals surface area contributed by atoms with E-state index in [9.17, 15) is 4.79 Å². The van der Waals surface area contributed by atoms with Crippen LogP contribution in [0.5, 0.6) is 11.5 Å². The molecule has 23 heavy (non-hydrogen) atoms. The SMILES string of the molecule is COc1ccc(CCC(=O)N2CC(Oc3cccnc3)C2)cc1. The second-order valence-electron chi connectivity index (χ2n) is 5.58. The normalized spacial score (nSPS) is 14.2. The van der Waals surface area contributed by atoms with Crippen LogP contribution in [-0.4, -0.2) is 42.1 Å². The van der Waals surface area contributed by atoms with Gasteiger partial charge >= 0.3 is 0 Å². The van der Waals surface area contributed by atoms with Crippen molar-refractivity contribution < 1.29 is 14.3 Å². The van der Waals surface area contributed by atoms with Gasteiger partial charge in [-0.15, -0.1) is 0 Å². The van der Waals surface area contributed by atoms with Crippen molar-refractivity contribution >= 4 is 5.91 Å². The Balaban J connectivity index is 1.40. The number of amides is 1. The Morgan fingerprint density at radius 1 is 1.22 bits per heavy atom. The fourth-order valence-electron chi connectivity index (χ4n) is 2.53. The summed E-state index contributed by atoms with van der Waals surface area (Å²) in [7, 11) is 1.65. The number of ether oxygens (including phenoxy) is 2. The first kappa shape index (κ1) is 15.3. The fraction of sp³-hybridized carbons (Fsp3) is 0.333. The number of carbonyl (C=O) groups is 1. The first-order valence-corrected chi connectivity index (χ1v) is 7.72. The van der Waals surface area contributed by atoms with E-state index in [1.165, 1.54) is 0 Å². The van der Waals surface area contributed by atoms with Crippen molar-refractivity contribution in [1.82, 2.24) is 9.88 Å². The van der Waals surface area contributed by atoms with Gasteiger partial charge in [-0.05, 0) is 36.2 Å². The molecule has 1 aliphatic heterocycles. The number of carbonyl (C=O) groups excluding carboxylic acids is 1. The van der Waals surface area contributed by atoms with E-state index < -0.39 is 0 Å². The Hall–Kier alpha value is -2.56. The minimum atomic E-state index is 0.0733. The summed E-state index contributed by atoms with van der Waals surface area (Å²) in [5.74, 6) is 1.76. The monoisotopic (exact) mass is 312 g/mol. The summed E-state index contributed by atoms with van der Waals surface area (Å²) >= 11 is 0. The van der Waals surface area contributed by atoms with Crippen LogP contribution in [0.15, 0.2) is 48.8 Å². The van der Waals surface area contributed by atoms with Gasteiger partial charge in [0.1, 0.15) is 17.6 Å². The van der Waals surface area contributed by atoms with Crippen molar-refractivity contribution in [2.24, 2.45) is 0 Å². The molecule has 1 saturated heterocycles. The molecule has 5 nitrogen and oxygen atoms in total. The van der Waals surface area contributed by atoms with Crippen molar-refractivity contribution in [3.63, 3.8) is 0 Å². The number of hydrogen-bond acceptors (Lipinski definition) is 4. The molecular formula is C18H20N2O3. The number of aromatic nitrogens is 1. The van der Waals surface area contributed by atoms with Crippen LogP contribution in [0.25, 0.3) is 0 Å². The summed E-state index contributed by atoms with van der Waals surface area (Å²) in [6.07, 6.45) is 4.74. The minimum Gasteiger partial charge on any atom is -0.497 e. The van der Waals surface area contributed by atoms with Gasteiger partial charge in [0.15, 0.2) is 0 Å². The summed E-state index contributed by atoms with van der Waals surface area (Å²) in [6.45, 7) is 1.30. The third-order valence-electron chi connectivity index (χ3n) is 3.92. The third-order valence-corrected chi connectivity index (χ3v) is 3.92. The third kappa shape index (κ3) is 4.00. The molecule has 0 atom stereocenters. The molecule has 1 amide bonds. The molecule has 5 heteroatoms. The highest BCUT2D eigenvalue weighted by Crippen LogP contribution is 2.18. The zero-order chi connectivity index (χ0) is 16.1. The topological polar surface area (TPSA) is 51.7 Å². The van der Waals surface area contributed by atoms with Crippen LogP contribution in [0, 0.1) is 0 Å². The van der Waals surface area contributed by atoms with E-state index in [0.717, 1.165) is 23.5 Å². The lowest BCUT2D eigenvalue weighted by Gasteiger charge is -2.39. The number of pyridine rings is 1. The van der Waals surface area contributed by atoms with Crippen LogP contribution in [0.4, 0.5) is 0 Å². The van der Waals surface area contributed by atoms with Gasteiger partial charge in [0, 0.05) is 12.6 Å². The lowest BCUT2D eigenvalue weighted by atomic mass is 10.1. The molecule has 0 N–H and O–H groups in total. The van der Waals surface area contributed by atoms with E-state index in [2.05, 4.69) is 4.98 Å². The number of aryl methyl sites for hydroxylation is 1. The number of methoxy groups -OCH3 is 1. The Labute approximate surface area is 135 Å². The molecule has 0 aliphatic carbocycles. The van der Waals surface area contributed by atoms with Gasteiger partial charge in [0.2, 0.25) is 5.91 Å². The lowest BCUT2D eigenvalue weighted by Crippen LogP contribution is -2.56. The Kier molecular flexibility index (Phi) is 4.76. The number of likely N-dealkylation sites (tertiary alicyclic amines) is 1. The second kappa shape index (κ2) is 7.13. The van der Waals surface area contributed by atoms with E-state index >= 15 is 0 Å². The maximum atomic E-state index is 12.2. The predicted molar refractivity (Wildman–Crippen MR) is 86.5 cm³/mol. The van der Waals surface area contributed by atoms with Crippen LogP contribution in [-0.2, 0) is 11.2 Å². The van der Waals surface area contributed by atoms with Crippen molar-refractivity contribution in [3.8, 4) is 11.5 Å². The van der Waals surface area contributed by atoms with Crippen molar-refractivity contribution in [3.05, 3.63) is 54.4 Å². The summed E-state index contributed by atoms with van der Waals surface area (Å²) < 4.78 is 10.9. The Morgan fingerprint density at radius 2 is 2.00 bits per heavy atom. The van der Waals surface area contributed by atoms with Gasteiger partial charge in [-0.25, -0.2) is 0 Å². The van der Waals surface area contributed by atoms with Gasteiger partial charge < -0.3 is 14.4 Å². The molecule has 2 heterocycles. The highest BCUT2D eigenvalue weighted by molar-refractivity contribution is 5.77. The van der Waals surface area contributed by atoms with Crippen LogP contribution in [0.3, 0.4) is 0 Å². The van der Waals surface area contributed by atoms with E-state index in [4.69, 9.17) is 9.47 Å². The second-order valence-corrected chi connectivity index (χ2v) is 5.58. The molecule has 0 bridgehead atoms. The molecule has 2 aromatic rings. The Morgan fingerprint density at radius 3 is 2.65 bits per heavy atom. The first-order chi connectivity index (χ1) is 11.2. The number of benzene rings is 1. The maximum absolute atomic E-state index is 12.2. The van der Waals surface area contributed by atoms with Gasteiger partial charge in [-0.2, -0.15) is 0 Å². The number of rotatable bonds is 6. The standard InChI is InChI=1S/C18H20N2O3/c1-22-15-7-4-14(5-8-15)6-9-18(21)20-12-17(13-20)23-16-3-2-10-19-11-16/h2-5,7-8,10-11,17H,6,9,12-13H2,1H3. The molecule has 0 unspecified atom stereocenters. The molecule has 1 aliphatic rings. The Bertz CT molecular complexity index is 637. The first-order valence-electron chi connectivity index (χ1n) is 7.72. The minimum absolute atomic E-state index is 0.0733. The zero-order valence-corrected chi connectivity index (χ0v) is 13.1. The summed E-state index contributed by atoms with van der Waals surface area (Å²) in [5.41, 5.74) is 1.14. The van der Waals surface area contributed by atoms with Gasteiger partial charge in [-0.3, -0.25) is 9.78 Å². The zero-order valence-electron chi connectivity index (χ0n) is 13.1. The molecule has 0 saturated carbocycles. The van der Waals surface area contributed by atoms with Gasteiger partial charge in [-0.1, -0.05) is 12.1 Å². The van der Waals surface area contributed by atoms with Gasteiger partial charge in [0.05, 0.1) is 26.4 Å². The van der Waals surface area contributed by atoms with E-state index in [-0.39, 0.29) is 12.0 Å². The van der Waals surface area contributed by atoms with Crippen LogP contribution in [0.2, 0.25) is 0 Å². The molecule has 1 aromatic carbocycles. The average molecular weight is 312 g/mol. The molecule has 0 spiro atoms. The lowest BCUT2D eigenvalue weighted by molar-refractivity contribution is -0.139. The largest absolute Gasteiger partial charge is 0.497 e. The highest BCUT2D eigenvalue weighted by atomic mass is 16.5. The van der Waals surface area contributed by atoms with Crippen LogP contribution in [0.1, 0.15) is 12.0 Å². The van der Waals surface area contributed by atoms with Crippen molar-refractivity contribution in [2.75, 3.05) is 20.2 Å². The number of nitrogens with zero attached hydrogens (tertiary/aromatic N) is 2. The molecule has 1 aromatic heterocycles. The quantitative estimate of drug-likeness (QED) is 0.821. The van der Waals surface area contributed by atoms with E-state index in [0.29, 0.717) is 19.5 Å². The molecule has 1 fully saturated rings. The average Bonchev–Trinajstić information content (AvgIpc) is 2.57. The van der Waals surface area contributed by atoms with E-state index in [1.807, 2.05) is 41.3 Å². The summed E-state index contributed by atoms with van der Waals surface area (Å²) in [6, 6.07) is 11.5. The van der Waals surface area contributed by atoms with Crippen LogP contribution < -0.4 is 9.47 Å². The van der Waals surface area contributed by atoms with Crippen molar-refractivity contribution in [1.29, 1.82) is 0 Å². The summed E-state index contributed by atoms with van der Waals surface area (Å²) in [5, 5.41) is 0. The fourth-order valence-corrected chi connectivity index (χ4v) is 2.53. The van der Waals surface area contributed by atoms with E-state index in [1.54, 1.807) is 19.5 Å². The van der Waals surface area contributed by atoms with Crippen LogP contribution >= 0.6 is 0 Å². The molecule has 3 rings (SSSR count).